The second-order valence-electron chi connectivity index (χ2n) is 2.73. The Bertz CT molecular complexity index is 308. The van der Waals surface area contributed by atoms with E-state index in [1.54, 1.807) is 13.1 Å². The molecule has 13 heavy (non-hydrogen) atoms. The largest absolute Gasteiger partial charge is 0.396 e. The highest BCUT2D eigenvalue weighted by atomic mass is 16.6. The van der Waals surface area contributed by atoms with E-state index >= 15 is 0 Å². The zero-order valence-electron chi connectivity index (χ0n) is 7.30. The van der Waals surface area contributed by atoms with Crippen molar-refractivity contribution in [2.24, 2.45) is 0 Å². The zero-order chi connectivity index (χ0) is 9.84. The minimum atomic E-state index is -0.509. The van der Waals surface area contributed by atoms with Crippen molar-refractivity contribution in [3.8, 4) is 0 Å². The third-order valence-electron chi connectivity index (χ3n) is 1.64. The molecule has 0 unspecified atom stereocenters. The van der Waals surface area contributed by atoms with Crippen LogP contribution in [0.1, 0.15) is 12.0 Å². The summed E-state index contributed by atoms with van der Waals surface area (Å²) in [6, 6.07) is 0. The number of aliphatic hydroxyl groups is 1. The predicted molar refractivity (Wildman–Crippen MR) is 45.3 cm³/mol. The monoisotopic (exact) mass is 185 g/mol. The topological polar surface area (TPSA) is 81.2 Å². The third kappa shape index (κ3) is 2.25. The number of hydrogen-bond donors (Lipinski definition) is 1. The molecular weight excluding hydrogens is 174 g/mol. The Morgan fingerprint density at radius 1 is 1.77 bits per heavy atom. The highest BCUT2D eigenvalue weighted by molar-refractivity contribution is 5.27. The summed E-state index contributed by atoms with van der Waals surface area (Å²) in [7, 11) is 0. The first-order chi connectivity index (χ1) is 6.15. The quantitative estimate of drug-likeness (QED) is 0.546. The molecule has 1 heterocycles. The Kier molecular flexibility index (Phi) is 2.97. The van der Waals surface area contributed by atoms with Crippen LogP contribution in [-0.4, -0.2) is 26.4 Å². The standard InChI is InChI=1S/C7H11N3O3/c1-6-5-9(3-2-4-11)8-7(6)10(12)13/h5,11H,2-4H2,1H3. The summed E-state index contributed by atoms with van der Waals surface area (Å²) in [4.78, 5) is 9.88. The molecule has 1 aromatic rings. The van der Waals surface area contributed by atoms with Gasteiger partial charge in [-0.05, 0) is 18.3 Å². The van der Waals surface area contributed by atoms with Crippen molar-refractivity contribution in [2.45, 2.75) is 19.9 Å². The predicted octanol–water partition coefficient (Wildman–Crippen LogP) is 0.482. The molecule has 6 heteroatoms. The molecule has 0 fully saturated rings. The van der Waals surface area contributed by atoms with Crippen molar-refractivity contribution in [1.29, 1.82) is 0 Å². The van der Waals surface area contributed by atoms with Gasteiger partial charge in [0.1, 0.15) is 0 Å². The first kappa shape index (κ1) is 9.66. The van der Waals surface area contributed by atoms with E-state index in [-0.39, 0.29) is 12.4 Å². The second-order valence-corrected chi connectivity index (χ2v) is 2.73. The lowest BCUT2D eigenvalue weighted by atomic mass is 10.4. The molecule has 0 aliphatic carbocycles. The van der Waals surface area contributed by atoms with Crippen molar-refractivity contribution in [3.63, 3.8) is 0 Å². The van der Waals surface area contributed by atoms with Crippen LogP contribution in [0.15, 0.2) is 6.20 Å². The van der Waals surface area contributed by atoms with Gasteiger partial charge in [0.05, 0.1) is 23.4 Å². The van der Waals surface area contributed by atoms with Crippen molar-refractivity contribution >= 4 is 5.82 Å². The summed E-state index contributed by atoms with van der Waals surface area (Å²) in [5, 5.41) is 22.7. The van der Waals surface area contributed by atoms with Gasteiger partial charge < -0.3 is 15.2 Å². The Morgan fingerprint density at radius 2 is 2.46 bits per heavy atom. The SMILES string of the molecule is Cc1cn(CCCO)nc1[N+](=O)[O-]. The normalized spacial score (nSPS) is 10.3. The van der Waals surface area contributed by atoms with Gasteiger partial charge in [0.15, 0.2) is 0 Å². The van der Waals surface area contributed by atoms with Crippen LogP contribution < -0.4 is 0 Å². The van der Waals surface area contributed by atoms with E-state index in [0.29, 0.717) is 18.5 Å². The zero-order valence-corrected chi connectivity index (χ0v) is 7.30. The maximum absolute atomic E-state index is 10.4. The van der Waals surface area contributed by atoms with Gasteiger partial charge in [-0.1, -0.05) is 0 Å². The van der Waals surface area contributed by atoms with Crippen LogP contribution in [0.3, 0.4) is 0 Å². The first-order valence-electron chi connectivity index (χ1n) is 3.94. The molecule has 0 aliphatic rings. The van der Waals surface area contributed by atoms with Crippen molar-refractivity contribution in [2.75, 3.05) is 6.61 Å². The summed E-state index contributed by atoms with van der Waals surface area (Å²) >= 11 is 0. The van der Waals surface area contributed by atoms with E-state index in [1.807, 2.05) is 0 Å². The van der Waals surface area contributed by atoms with Crippen LogP contribution in [0.25, 0.3) is 0 Å². The molecule has 0 bridgehead atoms. The van der Waals surface area contributed by atoms with Crippen LogP contribution >= 0.6 is 0 Å². The van der Waals surface area contributed by atoms with Gasteiger partial charge in [-0.15, -0.1) is 0 Å². The number of hydrogen-bond acceptors (Lipinski definition) is 4. The molecule has 0 saturated heterocycles. The van der Waals surface area contributed by atoms with Gasteiger partial charge in [-0.3, -0.25) is 0 Å². The molecule has 1 rings (SSSR count). The van der Waals surface area contributed by atoms with E-state index < -0.39 is 4.92 Å². The molecule has 6 nitrogen and oxygen atoms in total. The molecule has 1 N–H and O–H groups in total. The van der Waals surface area contributed by atoms with Crippen LogP contribution in [0.5, 0.6) is 0 Å². The number of aryl methyl sites for hydroxylation is 2. The number of nitrogens with zero attached hydrogens (tertiary/aromatic N) is 3. The minimum Gasteiger partial charge on any atom is -0.396 e. The Balaban J connectivity index is 2.76. The van der Waals surface area contributed by atoms with Gasteiger partial charge in [0.25, 0.3) is 0 Å². The molecule has 0 atom stereocenters. The summed E-state index contributed by atoms with van der Waals surface area (Å²) in [5.74, 6) is -0.113. The van der Waals surface area contributed by atoms with Crippen molar-refractivity contribution in [3.05, 3.63) is 21.9 Å². The highest BCUT2D eigenvalue weighted by Gasteiger charge is 2.16. The Hall–Kier alpha value is -1.43. The van der Waals surface area contributed by atoms with Crippen molar-refractivity contribution < 1.29 is 10.0 Å². The fraction of sp³-hybridized carbons (Fsp3) is 0.571. The molecule has 0 saturated carbocycles. The van der Waals surface area contributed by atoms with Gasteiger partial charge in [0, 0.05) is 6.61 Å². The van der Waals surface area contributed by atoms with E-state index in [1.165, 1.54) is 4.68 Å². The smallest absolute Gasteiger partial charge is 0.392 e. The van der Waals surface area contributed by atoms with Gasteiger partial charge in [0.2, 0.25) is 0 Å². The maximum atomic E-state index is 10.4. The first-order valence-corrected chi connectivity index (χ1v) is 3.94. The van der Waals surface area contributed by atoms with Crippen LogP contribution in [0.2, 0.25) is 0 Å². The third-order valence-corrected chi connectivity index (χ3v) is 1.64. The van der Waals surface area contributed by atoms with E-state index in [9.17, 15) is 10.1 Å². The fourth-order valence-corrected chi connectivity index (χ4v) is 1.04. The number of aromatic nitrogens is 2. The summed E-state index contributed by atoms with van der Waals surface area (Å²) < 4.78 is 1.48. The summed E-state index contributed by atoms with van der Waals surface area (Å²) in [6.45, 7) is 2.21. The molecular formula is C7H11N3O3. The fourth-order valence-electron chi connectivity index (χ4n) is 1.04. The lowest BCUT2D eigenvalue weighted by molar-refractivity contribution is -0.390. The van der Waals surface area contributed by atoms with Crippen LogP contribution in [0, 0.1) is 17.0 Å². The van der Waals surface area contributed by atoms with E-state index in [2.05, 4.69) is 5.10 Å². The minimum absolute atomic E-state index is 0.0622. The molecule has 0 aliphatic heterocycles. The number of nitro groups is 1. The molecule has 0 radical (unpaired) electrons. The Morgan fingerprint density at radius 3 is 2.92 bits per heavy atom. The maximum Gasteiger partial charge on any atom is 0.392 e. The van der Waals surface area contributed by atoms with Gasteiger partial charge in [-0.25, -0.2) is 0 Å². The van der Waals surface area contributed by atoms with Gasteiger partial charge >= 0.3 is 5.82 Å². The number of rotatable bonds is 4. The van der Waals surface area contributed by atoms with E-state index in [4.69, 9.17) is 5.11 Å². The molecule has 0 spiro atoms. The Labute approximate surface area is 74.9 Å². The molecule has 0 amide bonds. The summed E-state index contributed by atoms with van der Waals surface area (Å²) in [6.07, 6.45) is 2.16. The lowest BCUT2D eigenvalue weighted by Crippen LogP contribution is -2.01. The second kappa shape index (κ2) is 3.99. The van der Waals surface area contributed by atoms with Crippen LogP contribution in [-0.2, 0) is 6.54 Å². The summed E-state index contributed by atoms with van der Waals surface area (Å²) in [5.41, 5.74) is 0.544. The number of aliphatic hydroxyl groups excluding tert-OH is 1. The molecule has 72 valence electrons. The molecule has 1 aromatic heterocycles. The van der Waals surface area contributed by atoms with Crippen LogP contribution in [0.4, 0.5) is 5.82 Å². The lowest BCUT2D eigenvalue weighted by Gasteiger charge is -1.91. The average Bonchev–Trinajstić information content (AvgIpc) is 2.43. The highest BCUT2D eigenvalue weighted by Crippen LogP contribution is 2.13. The molecule has 0 aromatic carbocycles. The average molecular weight is 185 g/mol. The van der Waals surface area contributed by atoms with Crippen molar-refractivity contribution in [1.82, 2.24) is 9.78 Å². The van der Waals surface area contributed by atoms with E-state index in [0.717, 1.165) is 0 Å². The van der Waals surface area contributed by atoms with Gasteiger partial charge in [-0.2, -0.15) is 4.68 Å².